The van der Waals surface area contributed by atoms with Gasteiger partial charge in [-0.05, 0) is 30.7 Å². The highest BCUT2D eigenvalue weighted by Crippen LogP contribution is 2.35. The molecule has 3 N–H and O–H groups in total. The Morgan fingerprint density at radius 3 is 2.87 bits per heavy atom. The number of carbonyl (C=O) groups excluding carboxylic acids is 1. The lowest BCUT2D eigenvalue weighted by molar-refractivity contribution is -0.123. The van der Waals surface area contributed by atoms with Gasteiger partial charge in [-0.2, -0.15) is 0 Å². The fraction of sp³-hybridized carbons (Fsp3) is 0.611. The number of amides is 1. The number of hydrogen-bond acceptors (Lipinski definition) is 3. The standard InChI is InChI=1S/C18H26N2O2.ClH/c1-2-12-5-3-7-14-16(9-10-22-18(12)14)20-17(21)11-13-6-4-8-15(13)19;/h3,5,7,13,15-16H,2,4,6,8-11,19H2,1H3,(H,20,21);1H/t13-,15+,16?;/m0./s1. The van der Waals surface area contributed by atoms with Crippen LogP contribution >= 0.6 is 12.4 Å². The van der Waals surface area contributed by atoms with Gasteiger partial charge in [-0.3, -0.25) is 4.79 Å². The predicted molar refractivity (Wildman–Crippen MR) is 94.0 cm³/mol. The second kappa shape index (κ2) is 8.02. The zero-order valence-corrected chi connectivity index (χ0v) is 14.5. The van der Waals surface area contributed by atoms with E-state index in [1.54, 1.807) is 0 Å². The molecule has 0 bridgehead atoms. The first-order chi connectivity index (χ1) is 10.7. The highest BCUT2D eigenvalue weighted by molar-refractivity contribution is 5.85. The number of benzene rings is 1. The summed E-state index contributed by atoms with van der Waals surface area (Å²) in [5.74, 6) is 1.45. The first kappa shape index (κ1) is 18.1. The van der Waals surface area contributed by atoms with Crippen LogP contribution in [-0.4, -0.2) is 18.6 Å². The molecule has 1 heterocycles. The van der Waals surface area contributed by atoms with Gasteiger partial charge in [-0.25, -0.2) is 0 Å². The molecule has 1 fully saturated rings. The fourth-order valence-electron chi connectivity index (χ4n) is 3.73. The van der Waals surface area contributed by atoms with Crippen LogP contribution in [-0.2, 0) is 11.2 Å². The molecule has 3 atom stereocenters. The summed E-state index contributed by atoms with van der Waals surface area (Å²) >= 11 is 0. The Balaban J connectivity index is 0.00000192. The molecule has 128 valence electrons. The lowest BCUT2D eigenvalue weighted by atomic mass is 9.95. The summed E-state index contributed by atoms with van der Waals surface area (Å²) in [6.07, 6.45) is 5.63. The maximum Gasteiger partial charge on any atom is 0.220 e. The molecule has 4 nitrogen and oxygen atoms in total. The zero-order chi connectivity index (χ0) is 15.5. The number of ether oxygens (including phenoxy) is 1. The van der Waals surface area contributed by atoms with Crippen molar-refractivity contribution >= 4 is 18.3 Å². The van der Waals surface area contributed by atoms with E-state index < -0.39 is 0 Å². The number of nitrogens with two attached hydrogens (primary N) is 1. The van der Waals surface area contributed by atoms with Crippen molar-refractivity contribution in [3.63, 3.8) is 0 Å². The Morgan fingerprint density at radius 1 is 1.35 bits per heavy atom. The molecule has 23 heavy (non-hydrogen) atoms. The van der Waals surface area contributed by atoms with Crippen LogP contribution in [0.4, 0.5) is 0 Å². The monoisotopic (exact) mass is 338 g/mol. The van der Waals surface area contributed by atoms with Crippen molar-refractivity contribution in [2.45, 2.75) is 57.5 Å². The van der Waals surface area contributed by atoms with E-state index in [9.17, 15) is 4.79 Å². The molecule has 2 aliphatic rings. The summed E-state index contributed by atoms with van der Waals surface area (Å²) < 4.78 is 5.84. The quantitative estimate of drug-likeness (QED) is 0.886. The van der Waals surface area contributed by atoms with Gasteiger partial charge < -0.3 is 15.8 Å². The van der Waals surface area contributed by atoms with Crippen molar-refractivity contribution in [3.05, 3.63) is 29.3 Å². The minimum absolute atomic E-state index is 0. The van der Waals surface area contributed by atoms with Crippen molar-refractivity contribution in [2.75, 3.05) is 6.61 Å². The molecule has 0 spiro atoms. The second-order valence-corrected chi connectivity index (χ2v) is 6.51. The van der Waals surface area contributed by atoms with Crippen LogP contribution in [0.1, 0.15) is 56.2 Å². The Kier molecular flexibility index (Phi) is 6.31. The molecule has 1 aliphatic heterocycles. The molecule has 1 amide bonds. The van der Waals surface area contributed by atoms with Gasteiger partial charge in [0, 0.05) is 24.4 Å². The van der Waals surface area contributed by atoms with Crippen LogP contribution in [0.15, 0.2) is 18.2 Å². The second-order valence-electron chi connectivity index (χ2n) is 6.51. The van der Waals surface area contributed by atoms with Gasteiger partial charge in [0.25, 0.3) is 0 Å². The van der Waals surface area contributed by atoms with Crippen molar-refractivity contribution in [2.24, 2.45) is 11.7 Å². The first-order valence-corrected chi connectivity index (χ1v) is 8.48. The summed E-state index contributed by atoms with van der Waals surface area (Å²) in [6, 6.07) is 6.48. The van der Waals surface area contributed by atoms with E-state index in [0.29, 0.717) is 18.9 Å². The van der Waals surface area contributed by atoms with E-state index in [1.807, 2.05) is 0 Å². The van der Waals surface area contributed by atoms with E-state index in [2.05, 4.69) is 30.4 Å². The van der Waals surface area contributed by atoms with E-state index >= 15 is 0 Å². The zero-order valence-electron chi connectivity index (χ0n) is 13.7. The number of hydrogen-bond donors (Lipinski definition) is 2. The van der Waals surface area contributed by atoms with Gasteiger partial charge in [-0.1, -0.05) is 31.5 Å². The van der Waals surface area contributed by atoms with Gasteiger partial charge in [0.1, 0.15) is 5.75 Å². The van der Waals surface area contributed by atoms with Crippen molar-refractivity contribution in [1.29, 1.82) is 0 Å². The smallest absolute Gasteiger partial charge is 0.220 e. The summed E-state index contributed by atoms with van der Waals surface area (Å²) in [7, 11) is 0. The average molecular weight is 339 g/mol. The maximum absolute atomic E-state index is 12.4. The third-order valence-electron chi connectivity index (χ3n) is 5.04. The van der Waals surface area contributed by atoms with Crippen LogP contribution in [0.25, 0.3) is 0 Å². The molecule has 3 rings (SSSR count). The summed E-state index contributed by atoms with van der Waals surface area (Å²) in [5.41, 5.74) is 8.41. The molecule has 5 heteroatoms. The molecule has 1 unspecified atom stereocenters. The molecule has 0 aromatic heterocycles. The summed E-state index contributed by atoms with van der Waals surface area (Å²) in [4.78, 5) is 12.4. The number of para-hydroxylation sites is 1. The van der Waals surface area contributed by atoms with Crippen molar-refractivity contribution < 1.29 is 9.53 Å². The average Bonchev–Trinajstić information content (AvgIpc) is 2.92. The van der Waals surface area contributed by atoms with Crippen LogP contribution in [0.2, 0.25) is 0 Å². The molecule has 1 aromatic carbocycles. The van der Waals surface area contributed by atoms with Crippen LogP contribution in [0.3, 0.4) is 0 Å². The summed E-state index contributed by atoms with van der Waals surface area (Å²) in [6.45, 7) is 2.79. The van der Waals surface area contributed by atoms with Crippen LogP contribution < -0.4 is 15.8 Å². The van der Waals surface area contributed by atoms with E-state index in [4.69, 9.17) is 10.5 Å². The Bertz CT molecular complexity index is 550. The molecule has 0 saturated heterocycles. The molecule has 1 aromatic rings. The minimum Gasteiger partial charge on any atom is -0.493 e. The van der Waals surface area contributed by atoms with Crippen molar-refractivity contribution in [1.82, 2.24) is 5.32 Å². The highest BCUT2D eigenvalue weighted by atomic mass is 35.5. The van der Waals surface area contributed by atoms with Crippen LogP contribution in [0, 0.1) is 5.92 Å². The largest absolute Gasteiger partial charge is 0.493 e. The van der Waals surface area contributed by atoms with Crippen molar-refractivity contribution in [3.8, 4) is 5.75 Å². The summed E-state index contributed by atoms with van der Waals surface area (Å²) in [5, 5.41) is 3.20. The predicted octanol–water partition coefficient (Wildman–Crippen LogP) is 3.13. The minimum atomic E-state index is 0. The highest BCUT2D eigenvalue weighted by Gasteiger charge is 2.29. The molecule has 0 radical (unpaired) electrons. The third-order valence-corrected chi connectivity index (χ3v) is 5.04. The number of fused-ring (bicyclic) bond motifs is 1. The number of aryl methyl sites for hydroxylation is 1. The molecule has 1 saturated carbocycles. The Morgan fingerprint density at radius 2 is 2.17 bits per heavy atom. The SMILES string of the molecule is CCc1cccc2c1OCCC2NC(=O)C[C@@H]1CCC[C@H]1N.Cl. The molecular formula is C18H27ClN2O2. The Labute approximate surface area is 144 Å². The van der Waals surface area contributed by atoms with Crippen LogP contribution in [0.5, 0.6) is 5.75 Å². The third kappa shape index (κ3) is 3.99. The maximum atomic E-state index is 12.4. The topological polar surface area (TPSA) is 64.3 Å². The van der Waals surface area contributed by atoms with E-state index in [0.717, 1.165) is 43.4 Å². The number of carbonyl (C=O) groups is 1. The number of rotatable bonds is 4. The fourth-order valence-corrected chi connectivity index (χ4v) is 3.73. The first-order valence-electron chi connectivity index (χ1n) is 8.48. The normalized spacial score (nSPS) is 25.9. The lowest BCUT2D eigenvalue weighted by Gasteiger charge is -2.29. The Hall–Kier alpha value is -1.26. The van der Waals surface area contributed by atoms with Gasteiger partial charge in [0.15, 0.2) is 0 Å². The van der Waals surface area contributed by atoms with E-state index in [-0.39, 0.29) is 30.4 Å². The van der Waals surface area contributed by atoms with Gasteiger partial charge in [-0.15, -0.1) is 12.4 Å². The number of halogens is 1. The molecule has 1 aliphatic carbocycles. The van der Waals surface area contributed by atoms with Gasteiger partial charge in [0.2, 0.25) is 5.91 Å². The lowest BCUT2D eigenvalue weighted by Crippen LogP contribution is -2.35. The number of nitrogens with one attached hydrogen (secondary N) is 1. The van der Waals surface area contributed by atoms with Gasteiger partial charge >= 0.3 is 0 Å². The van der Waals surface area contributed by atoms with Gasteiger partial charge in [0.05, 0.1) is 12.6 Å². The molecular weight excluding hydrogens is 312 g/mol. The van der Waals surface area contributed by atoms with E-state index in [1.165, 1.54) is 5.56 Å².